The molecule has 0 aliphatic carbocycles. The Morgan fingerprint density at radius 1 is 0.962 bits per heavy atom. The summed E-state index contributed by atoms with van der Waals surface area (Å²) in [4.78, 5) is 17.8. The molecule has 26 heavy (non-hydrogen) atoms. The number of carbonyl (C=O) groups is 1. The summed E-state index contributed by atoms with van der Waals surface area (Å²) in [5.41, 5.74) is 2.37. The minimum Gasteiger partial charge on any atom is -0.349 e. The Hall–Kier alpha value is -2.17. The fraction of sp³-hybridized carbons (Fsp3) is 0.409. The van der Waals surface area contributed by atoms with Crippen LogP contribution < -0.4 is 0 Å². The fourth-order valence-electron chi connectivity index (χ4n) is 4.99. The van der Waals surface area contributed by atoms with Gasteiger partial charge in [0.25, 0.3) is 5.91 Å². The predicted molar refractivity (Wildman–Crippen MR) is 100.0 cm³/mol. The van der Waals surface area contributed by atoms with Gasteiger partial charge in [-0.15, -0.1) is 0 Å². The summed E-state index contributed by atoms with van der Waals surface area (Å²) in [6, 6.07) is 18.4. The van der Waals surface area contributed by atoms with Crippen molar-refractivity contribution in [1.82, 2.24) is 9.80 Å². The lowest BCUT2D eigenvalue weighted by Crippen LogP contribution is -2.56. The number of hydrogen-bond donors (Lipinski definition) is 0. The van der Waals surface area contributed by atoms with Gasteiger partial charge in [0.1, 0.15) is 0 Å². The molecule has 3 heterocycles. The number of rotatable bonds is 3. The maximum atomic E-state index is 13.3. The van der Waals surface area contributed by atoms with Crippen LogP contribution in [0, 0.1) is 0 Å². The zero-order valence-corrected chi connectivity index (χ0v) is 14.9. The molecule has 3 aliphatic heterocycles. The Balaban J connectivity index is 1.69. The molecule has 5 rings (SSSR count). The zero-order valence-electron chi connectivity index (χ0n) is 14.9. The van der Waals surface area contributed by atoms with E-state index < -0.39 is 5.72 Å². The molecule has 1 amide bonds. The smallest absolute Gasteiger partial charge is 0.256 e. The highest BCUT2D eigenvalue weighted by Crippen LogP contribution is 2.51. The van der Waals surface area contributed by atoms with Crippen LogP contribution in [0.15, 0.2) is 54.6 Å². The van der Waals surface area contributed by atoms with E-state index in [-0.39, 0.29) is 11.8 Å². The Labute approximate surface area is 154 Å². The summed E-state index contributed by atoms with van der Waals surface area (Å²) < 4.78 is 6.46. The SMILES string of the molecule is O=C1c2ccccc2[C@H](CN2CCCC2)[C@]2(c3ccccc3)OCCN12. The molecular formula is C22H24N2O2. The minimum atomic E-state index is -0.685. The highest BCUT2D eigenvalue weighted by Gasteiger charge is 2.56. The highest BCUT2D eigenvalue weighted by atomic mass is 16.5. The first-order chi connectivity index (χ1) is 12.8. The van der Waals surface area contributed by atoms with Crippen molar-refractivity contribution < 1.29 is 9.53 Å². The van der Waals surface area contributed by atoms with Crippen molar-refractivity contribution in [2.45, 2.75) is 24.5 Å². The van der Waals surface area contributed by atoms with Crippen LogP contribution in [0.3, 0.4) is 0 Å². The molecule has 134 valence electrons. The average Bonchev–Trinajstić information content (AvgIpc) is 3.36. The summed E-state index contributed by atoms with van der Waals surface area (Å²) in [6.45, 7) is 4.44. The van der Waals surface area contributed by atoms with Crippen molar-refractivity contribution in [3.63, 3.8) is 0 Å². The molecular weight excluding hydrogens is 324 g/mol. The molecule has 2 fully saturated rings. The van der Waals surface area contributed by atoms with Crippen molar-refractivity contribution in [1.29, 1.82) is 0 Å². The topological polar surface area (TPSA) is 32.8 Å². The molecule has 0 unspecified atom stereocenters. The van der Waals surface area contributed by atoms with Gasteiger partial charge in [0.15, 0.2) is 5.72 Å². The van der Waals surface area contributed by atoms with Gasteiger partial charge in [-0.05, 0) is 37.6 Å². The van der Waals surface area contributed by atoms with E-state index in [0.717, 1.165) is 36.3 Å². The Morgan fingerprint density at radius 3 is 2.50 bits per heavy atom. The van der Waals surface area contributed by atoms with Gasteiger partial charge < -0.3 is 14.5 Å². The van der Waals surface area contributed by atoms with Gasteiger partial charge in [0.05, 0.1) is 12.5 Å². The van der Waals surface area contributed by atoms with E-state index in [0.29, 0.717) is 13.2 Å². The number of likely N-dealkylation sites (tertiary alicyclic amines) is 1. The van der Waals surface area contributed by atoms with Crippen molar-refractivity contribution in [3.8, 4) is 0 Å². The predicted octanol–water partition coefficient (Wildman–Crippen LogP) is 3.21. The molecule has 2 atom stereocenters. The van der Waals surface area contributed by atoms with Crippen LogP contribution in [-0.2, 0) is 10.5 Å². The van der Waals surface area contributed by atoms with Crippen molar-refractivity contribution in [2.75, 3.05) is 32.8 Å². The third-order valence-electron chi connectivity index (χ3n) is 6.15. The first-order valence-electron chi connectivity index (χ1n) is 9.63. The lowest BCUT2D eigenvalue weighted by Gasteiger charge is -2.48. The Bertz CT molecular complexity index is 816. The normalized spacial score (nSPS) is 28.2. The summed E-state index contributed by atoms with van der Waals surface area (Å²) in [7, 11) is 0. The Morgan fingerprint density at radius 2 is 1.69 bits per heavy atom. The third-order valence-corrected chi connectivity index (χ3v) is 6.15. The van der Waals surface area contributed by atoms with Crippen LogP contribution >= 0.6 is 0 Å². The maximum absolute atomic E-state index is 13.3. The standard InChI is InChI=1S/C22H24N2O2/c25-21-19-11-5-4-10-18(19)20(16-23-12-6-7-13-23)22(24(21)14-15-26-22)17-8-2-1-3-9-17/h1-5,8-11,20H,6-7,12-16H2/t20-,22-/m0/s1. The summed E-state index contributed by atoms with van der Waals surface area (Å²) >= 11 is 0. The second-order valence-corrected chi connectivity index (χ2v) is 7.52. The molecule has 3 aliphatic rings. The molecule has 0 aromatic heterocycles. The van der Waals surface area contributed by atoms with Gasteiger partial charge in [-0.25, -0.2) is 0 Å². The van der Waals surface area contributed by atoms with Crippen LogP contribution in [0.2, 0.25) is 0 Å². The number of amides is 1. The van der Waals surface area contributed by atoms with E-state index in [1.165, 1.54) is 12.8 Å². The average molecular weight is 348 g/mol. The fourth-order valence-corrected chi connectivity index (χ4v) is 4.99. The van der Waals surface area contributed by atoms with Gasteiger partial charge in [-0.1, -0.05) is 48.5 Å². The summed E-state index contributed by atoms with van der Waals surface area (Å²) in [6.07, 6.45) is 2.52. The molecule has 0 saturated carbocycles. The molecule has 4 heteroatoms. The second kappa shape index (κ2) is 6.22. The van der Waals surface area contributed by atoms with E-state index in [1.807, 2.05) is 41.3 Å². The molecule has 2 aromatic carbocycles. The Kier molecular flexibility index (Phi) is 3.84. The number of benzene rings is 2. The van der Waals surface area contributed by atoms with Gasteiger partial charge in [0, 0.05) is 24.2 Å². The molecule has 2 aromatic rings. The van der Waals surface area contributed by atoms with Gasteiger partial charge >= 0.3 is 0 Å². The zero-order chi connectivity index (χ0) is 17.6. The van der Waals surface area contributed by atoms with Crippen LogP contribution in [0.5, 0.6) is 0 Å². The summed E-state index contributed by atoms with van der Waals surface area (Å²) in [5, 5.41) is 0. The van der Waals surface area contributed by atoms with Crippen molar-refractivity contribution in [3.05, 3.63) is 71.3 Å². The molecule has 2 saturated heterocycles. The number of ether oxygens (including phenoxy) is 1. The monoisotopic (exact) mass is 348 g/mol. The maximum Gasteiger partial charge on any atom is 0.256 e. The van der Waals surface area contributed by atoms with Gasteiger partial charge in [-0.3, -0.25) is 4.79 Å². The van der Waals surface area contributed by atoms with Crippen LogP contribution in [-0.4, -0.2) is 48.5 Å². The molecule has 0 spiro atoms. The lowest BCUT2D eigenvalue weighted by atomic mass is 9.76. The van der Waals surface area contributed by atoms with E-state index in [2.05, 4.69) is 23.1 Å². The first kappa shape index (κ1) is 16.0. The van der Waals surface area contributed by atoms with Crippen molar-refractivity contribution >= 4 is 5.91 Å². The molecule has 0 N–H and O–H groups in total. The quantitative estimate of drug-likeness (QED) is 0.854. The van der Waals surface area contributed by atoms with Crippen LogP contribution in [0.4, 0.5) is 0 Å². The minimum absolute atomic E-state index is 0.0969. The lowest BCUT2D eigenvalue weighted by molar-refractivity contribution is -0.105. The molecule has 0 bridgehead atoms. The largest absolute Gasteiger partial charge is 0.349 e. The van der Waals surface area contributed by atoms with E-state index in [1.54, 1.807) is 0 Å². The third kappa shape index (κ3) is 2.25. The number of nitrogens with zero attached hydrogens (tertiary/aromatic N) is 2. The van der Waals surface area contributed by atoms with E-state index >= 15 is 0 Å². The molecule has 0 radical (unpaired) electrons. The number of fused-ring (bicyclic) bond motifs is 2. The number of hydrogen-bond acceptors (Lipinski definition) is 3. The highest BCUT2D eigenvalue weighted by molar-refractivity contribution is 5.98. The van der Waals surface area contributed by atoms with Gasteiger partial charge in [0.2, 0.25) is 0 Å². The van der Waals surface area contributed by atoms with Crippen LogP contribution in [0.25, 0.3) is 0 Å². The van der Waals surface area contributed by atoms with E-state index in [9.17, 15) is 4.79 Å². The van der Waals surface area contributed by atoms with Crippen LogP contribution in [0.1, 0.15) is 40.2 Å². The van der Waals surface area contributed by atoms with E-state index in [4.69, 9.17) is 4.74 Å². The summed E-state index contributed by atoms with van der Waals surface area (Å²) in [5.74, 6) is 0.221. The van der Waals surface area contributed by atoms with Gasteiger partial charge in [-0.2, -0.15) is 0 Å². The first-order valence-corrected chi connectivity index (χ1v) is 9.63. The number of carbonyl (C=O) groups excluding carboxylic acids is 1. The molecule has 4 nitrogen and oxygen atoms in total. The van der Waals surface area contributed by atoms with Crippen molar-refractivity contribution in [2.24, 2.45) is 0 Å². The second-order valence-electron chi connectivity index (χ2n) is 7.52.